The first-order valence-electron chi connectivity index (χ1n) is 19.8. The summed E-state index contributed by atoms with van der Waals surface area (Å²) >= 11 is 0. The smallest absolute Gasteiger partial charge is 0.101 e. The number of benzene rings is 6. The van der Waals surface area contributed by atoms with Gasteiger partial charge in [-0.1, -0.05) is 162 Å². The number of nitrogens with zero attached hydrogens (tertiary/aromatic N) is 1. The Morgan fingerprint density at radius 2 is 1.08 bits per heavy atom. The van der Waals surface area contributed by atoms with Crippen molar-refractivity contribution >= 4 is 56.5 Å². The third-order valence-corrected chi connectivity index (χ3v) is 17.2. The first-order chi connectivity index (χ1) is 25.4. The van der Waals surface area contributed by atoms with Crippen molar-refractivity contribution in [3.63, 3.8) is 0 Å². The van der Waals surface area contributed by atoms with Crippen LogP contribution in [-0.4, -0.2) is 24.6 Å². The highest BCUT2D eigenvalue weighted by molar-refractivity contribution is 7.84. The van der Waals surface area contributed by atoms with Gasteiger partial charge in [-0.25, -0.2) is 8.51 Å². The molecule has 2 aliphatic rings. The average Bonchev–Trinajstić information content (AvgIpc) is 3.18. The van der Waals surface area contributed by atoms with Crippen LogP contribution in [0.15, 0.2) is 121 Å². The monoisotopic (exact) mass is 723 g/mol. The van der Waals surface area contributed by atoms with Crippen LogP contribution in [0.25, 0.3) is 32.3 Å². The average molecular weight is 724 g/mol. The summed E-state index contributed by atoms with van der Waals surface area (Å²) in [5.41, 5.74) is 5.43. The molecule has 4 heteroatoms. The number of hydrogen-bond acceptors (Lipinski definition) is 1. The van der Waals surface area contributed by atoms with Crippen LogP contribution >= 0.6 is 7.92 Å². The molecule has 2 nitrogen and oxygen atoms in total. The van der Waals surface area contributed by atoms with E-state index in [0.717, 1.165) is 11.3 Å². The molecule has 268 valence electrons. The molecule has 0 amide bonds. The maximum Gasteiger partial charge on any atom is 0.101 e. The molecule has 6 aromatic carbocycles. The topological polar surface area (TPSA) is 20.3 Å². The van der Waals surface area contributed by atoms with Crippen LogP contribution in [-0.2, 0) is 17.5 Å². The largest absolute Gasteiger partial charge is 0.242 e. The van der Waals surface area contributed by atoms with Gasteiger partial charge in [-0.05, 0) is 118 Å². The Morgan fingerprint density at radius 3 is 1.67 bits per heavy atom. The van der Waals surface area contributed by atoms with Gasteiger partial charge in [0.15, 0.2) is 0 Å². The second-order valence-electron chi connectivity index (χ2n) is 16.3. The SMILES string of the molecule is CC(C)(C)[S@@](=O)N(Cc1c2ccccc2cc2ccccc12)C(c1ccccc1P(C1CCCCC1)C1CCCCC1)c1cccc2ccccc12. The molecule has 0 radical (unpaired) electrons. The van der Waals surface area contributed by atoms with Crippen molar-refractivity contribution in [2.45, 2.75) is 114 Å². The normalized spacial score (nSPS) is 17.7. The Kier molecular flexibility index (Phi) is 10.7. The minimum atomic E-state index is -1.33. The molecule has 1 unspecified atom stereocenters. The number of rotatable bonds is 9. The van der Waals surface area contributed by atoms with Gasteiger partial charge in [0.25, 0.3) is 0 Å². The van der Waals surface area contributed by atoms with Crippen LogP contribution in [0, 0.1) is 0 Å². The fourth-order valence-electron chi connectivity index (χ4n) is 9.36. The molecule has 52 heavy (non-hydrogen) atoms. The standard InChI is InChI=1S/C48H54NOPS/c1-48(2,3)52(50)49(34-45-41-28-14-11-20-36(41)33-37-21-12-15-29-42(37)45)47(43-31-18-22-35-19-10-13-27-40(35)43)44-30-16-17-32-46(44)51(38-23-6-4-7-24-38)39-25-8-5-9-26-39/h10-22,27-33,38-39,47H,4-9,23-26,34H2,1-3H3/t47?,52-/m1/s1. The summed E-state index contributed by atoms with van der Waals surface area (Å²) in [6.07, 6.45) is 13.6. The molecule has 0 saturated heterocycles. The molecular weight excluding hydrogens is 670 g/mol. The Balaban J connectivity index is 1.40. The number of fused-ring (bicyclic) bond motifs is 3. The van der Waals surface area contributed by atoms with Gasteiger partial charge in [0.2, 0.25) is 0 Å². The first-order valence-corrected chi connectivity index (χ1v) is 22.4. The number of hydrogen-bond donors (Lipinski definition) is 0. The van der Waals surface area contributed by atoms with Crippen molar-refractivity contribution in [1.82, 2.24) is 4.31 Å². The third kappa shape index (κ3) is 7.14. The highest BCUT2D eigenvalue weighted by Gasteiger charge is 2.39. The van der Waals surface area contributed by atoms with Gasteiger partial charge in [-0.15, -0.1) is 0 Å². The third-order valence-electron chi connectivity index (χ3n) is 11.8. The van der Waals surface area contributed by atoms with Crippen LogP contribution in [0.5, 0.6) is 0 Å². The van der Waals surface area contributed by atoms with Gasteiger partial charge in [0.05, 0.1) is 10.8 Å². The van der Waals surface area contributed by atoms with Crippen molar-refractivity contribution in [2.75, 3.05) is 0 Å². The summed E-state index contributed by atoms with van der Waals surface area (Å²) < 4.78 is 17.4. The molecule has 0 bridgehead atoms. The van der Waals surface area contributed by atoms with E-state index < -0.39 is 23.7 Å². The second-order valence-corrected chi connectivity index (χ2v) is 21.2. The lowest BCUT2D eigenvalue weighted by Gasteiger charge is -2.42. The Labute approximate surface area is 315 Å². The van der Waals surface area contributed by atoms with E-state index in [1.54, 1.807) is 5.30 Å². The Hall–Kier alpha value is -3.36. The molecule has 2 aliphatic carbocycles. The van der Waals surface area contributed by atoms with Crippen LogP contribution < -0.4 is 5.30 Å². The quantitative estimate of drug-likeness (QED) is 0.107. The van der Waals surface area contributed by atoms with E-state index >= 15 is 4.21 Å². The highest BCUT2D eigenvalue weighted by Crippen LogP contribution is 2.56. The first kappa shape index (κ1) is 35.7. The lowest BCUT2D eigenvalue weighted by atomic mass is 9.92. The zero-order valence-electron chi connectivity index (χ0n) is 31.3. The van der Waals surface area contributed by atoms with Crippen molar-refractivity contribution in [3.8, 4) is 0 Å². The highest BCUT2D eigenvalue weighted by atomic mass is 32.2. The molecule has 0 spiro atoms. The zero-order valence-corrected chi connectivity index (χ0v) is 33.0. The predicted molar refractivity (Wildman–Crippen MR) is 227 cm³/mol. The summed E-state index contributed by atoms with van der Waals surface area (Å²) in [6.45, 7) is 7.04. The van der Waals surface area contributed by atoms with E-state index in [4.69, 9.17) is 0 Å². The van der Waals surface area contributed by atoms with E-state index in [9.17, 15) is 0 Å². The van der Waals surface area contributed by atoms with Crippen LogP contribution in [0.3, 0.4) is 0 Å². The molecule has 2 atom stereocenters. The summed E-state index contributed by atoms with van der Waals surface area (Å²) in [6, 6.07) is 44.9. The van der Waals surface area contributed by atoms with Crippen molar-refractivity contribution in [1.29, 1.82) is 0 Å². The molecule has 0 heterocycles. The molecule has 8 rings (SSSR count). The minimum absolute atomic E-state index is 0.183. The molecule has 0 N–H and O–H groups in total. The lowest BCUT2D eigenvalue weighted by Crippen LogP contribution is -2.41. The van der Waals surface area contributed by atoms with Gasteiger partial charge in [-0.2, -0.15) is 0 Å². The molecular formula is C48H54NOPS. The van der Waals surface area contributed by atoms with E-state index in [1.807, 2.05) is 0 Å². The van der Waals surface area contributed by atoms with E-state index in [2.05, 4.69) is 146 Å². The van der Waals surface area contributed by atoms with E-state index in [1.165, 1.54) is 113 Å². The van der Waals surface area contributed by atoms with Gasteiger partial charge < -0.3 is 0 Å². The summed E-state index contributed by atoms with van der Waals surface area (Å²) in [7, 11) is -1.72. The molecule has 0 aromatic heterocycles. The Morgan fingerprint density at radius 1 is 0.596 bits per heavy atom. The van der Waals surface area contributed by atoms with E-state index in [0.29, 0.717) is 6.54 Å². The zero-order chi connectivity index (χ0) is 35.7. The van der Waals surface area contributed by atoms with E-state index in [-0.39, 0.29) is 6.04 Å². The predicted octanol–water partition coefficient (Wildman–Crippen LogP) is 13.0. The lowest BCUT2D eigenvalue weighted by molar-refractivity contribution is 0.374. The maximum absolute atomic E-state index is 15.5. The van der Waals surface area contributed by atoms with Crippen LogP contribution in [0.2, 0.25) is 0 Å². The van der Waals surface area contributed by atoms with Crippen LogP contribution in [0.1, 0.15) is 108 Å². The molecule has 0 aliphatic heterocycles. The molecule has 6 aromatic rings. The van der Waals surface area contributed by atoms with Gasteiger partial charge >= 0.3 is 0 Å². The minimum Gasteiger partial charge on any atom is -0.242 e. The van der Waals surface area contributed by atoms with Gasteiger partial charge in [-0.3, -0.25) is 0 Å². The fourth-order valence-corrected chi connectivity index (χ4v) is 14.7. The van der Waals surface area contributed by atoms with Crippen molar-refractivity contribution in [3.05, 3.63) is 138 Å². The van der Waals surface area contributed by atoms with Gasteiger partial charge in [0, 0.05) is 6.54 Å². The fraction of sp³-hybridized carbons (Fsp3) is 0.375. The van der Waals surface area contributed by atoms with Crippen molar-refractivity contribution in [2.24, 2.45) is 0 Å². The maximum atomic E-state index is 15.5. The van der Waals surface area contributed by atoms with Crippen molar-refractivity contribution < 1.29 is 4.21 Å². The summed E-state index contributed by atoms with van der Waals surface area (Å²) in [5.74, 6) is 0. The summed E-state index contributed by atoms with van der Waals surface area (Å²) in [5, 5.41) is 9.02. The summed E-state index contributed by atoms with van der Waals surface area (Å²) in [4.78, 5) is 0. The Bertz CT molecular complexity index is 2110. The second kappa shape index (κ2) is 15.5. The molecule has 2 fully saturated rings. The van der Waals surface area contributed by atoms with Gasteiger partial charge in [0.1, 0.15) is 11.0 Å². The van der Waals surface area contributed by atoms with Crippen LogP contribution in [0.4, 0.5) is 0 Å². The molecule has 2 saturated carbocycles.